The number of benzene rings is 2. The maximum atomic E-state index is 11.8. The lowest BCUT2D eigenvalue weighted by atomic mass is 10.0. The molecule has 6 heteroatoms. The molecule has 0 radical (unpaired) electrons. The summed E-state index contributed by atoms with van der Waals surface area (Å²) in [6.45, 7) is 2.46. The van der Waals surface area contributed by atoms with Crippen LogP contribution in [-0.4, -0.2) is 25.7 Å². The molecule has 0 unspecified atom stereocenters. The number of esters is 1. The quantitative estimate of drug-likeness (QED) is 0.442. The van der Waals surface area contributed by atoms with Crippen LogP contribution >= 0.6 is 0 Å². The molecule has 0 spiro atoms. The van der Waals surface area contributed by atoms with Crippen LogP contribution in [0.2, 0.25) is 0 Å². The van der Waals surface area contributed by atoms with Crippen molar-refractivity contribution in [1.82, 2.24) is 5.32 Å². The molecule has 6 nitrogen and oxygen atoms in total. The average Bonchev–Trinajstić information content (AvgIpc) is 2.68. The lowest BCUT2D eigenvalue weighted by Crippen LogP contribution is -2.24. The SMILES string of the molecule is COC(=O)c1cc(C=CCCNC(=O)OCc2ccccc2)cc(N)c1C. The fraction of sp³-hybridized carbons (Fsp3) is 0.238. The van der Waals surface area contributed by atoms with Gasteiger partial charge in [-0.1, -0.05) is 42.5 Å². The van der Waals surface area contributed by atoms with Crippen LogP contribution in [0.25, 0.3) is 6.08 Å². The molecule has 2 rings (SSSR count). The molecule has 27 heavy (non-hydrogen) atoms. The smallest absolute Gasteiger partial charge is 0.407 e. The van der Waals surface area contributed by atoms with Gasteiger partial charge in [-0.05, 0) is 42.2 Å². The van der Waals surface area contributed by atoms with Gasteiger partial charge in [-0.2, -0.15) is 0 Å². The lowest BCUT2D eigenvalue weighted by Gasteiger charge is -2.08. The van der Waals surface area contributed by atoms with Crippen molar-refractivity contribution in [2.75, 3.05) is 19.4 Å². The molecule has 0 aliphatic rings. The van der Waals surface area contributed by atoms with E-state index in [0.717, 1.165) is 11.1 Å². The Balaban J connectivity index is 1.79. The Morgan fingerprint density at radius 1 is 1.19 bits per heavy atom. The number of alkyl carbamates (subject to hydrolysis) is 1. The molecule has 0 heterocycles. The highest BCUT2D eigenvalue weighted by atomic mass is 16.5. The van der Waals surface area contributed by atoms with E-state index >= 15 is 0 Å². The Kier molecular flexibility index (Phi) is 7.43. The zero-order valence-corrected chi connectivity index (χ0v) is 15.5. The van der Waals surface area contributed by atoms with Crippen molar-refractivity contribution in [2.45, 2.75) is 20.0 Å². The molecule has 1 amide bonds. The maximum absolute atomic E-state index is 11.8. The van der Waals surface area contributed by atoms with Gasteiger partial charge in [0.05, 0.1) is 12.7 Å². The van der Waals surface area contributed by atoms with Gasteiger partial charge in [0.15, 0.2) is 0 Å². The predicted octanol–water partition coefficient (Wildman–Crippen LogP) is 3.69. The van der Waals surface area contributed by atoms with Crippen LogP contribution in [0.5, 0.6) is 0 Å². The van der Waals surface area contributed by atoms with Gasteiger partial charge < -0.3 is 20.5 Å². The molecule has 0 saturated carbocycles. The monoisotopic (exact) mass is 368 g/mol. The number of amides is 1. The van der Waals surface area contributed by atoms with E-state index in [9.17, 15) is 9.59 Å². The minimum Gasteiger partial charge on any atom is -0.465 e. The van der Waals surface area contributed by atoms with Crippen molar-refractivity contribution in [2.24, 2.45) is 0 Å². The third-order valence-corrected chi connectivity index (χ3v) is 3.98. The van der Waals surface area contributed by atoms with E-state index in [1.165, 1.54) is 7.11 Å². The molecule has 0 aliphatic carbocycles. The zero-order valence-electron chi connectivity index (χ0n) is 15.5. The summed E-state index contributed by atoms with van der Waals surface area (Å²) in [7, 11) is 1.34. The third-order valence-electron chi connectivity index (χ3n) is 3.98. The van der Waals surface area contributed by atoms with Crippen molar-refractivity contribution >= 4 is 23.8 Å². The van der Waals surface area contributed by atoms with Crippen molar-refractivity contribution in [1.29, 1.82) is 0 Å². The number of hydrogen-bond acceptors (Lipinski definition) is 5. The van der Waals surface area contributed by atoms with E-state index in [1.54, 1.807) is 19.1 Å². The van der Waals surface area contributed by atoms with Crippen molar-refractivity contribution in [3.8, 4) is 0 Å². The van der Waals surface area contributed by atoms with E-state index in [4.69, 9.17) is 15.2 Å². The topological polar surface area (TPSA) is 90.6 Å². The summed E-state index contributed by atoms with van der Waals surface area (Å²) >= 11 is 0. The average molecular weight is 368 g/mol. The summed E-state index contributed by atoms with van der Waals surface area (Å²) in [6, 6.07) is 13.0. The van der Waals surface area contributed by atoms with E-state index in [-0.39, 0.29) is 6.61 Å². The first-order chi connectivity index (χ1) is 13.0. The van der Waals surface area contributed by atoms with Gasteiger partial charge in [-0.25, -0.2) is 9.59 Å². The third kappa shape index (κ3) is 6.18. The fourth-order valence-electron chi connectivity index (χ4n) is 2.43. The van der Waals surface area contributed by atoms with Crippen LogP contribution < -0.4 is 11.1 Å². The fourth-order valence-corrected chi connectivity index (χ4v) is 2.43. The Hall–Kier alpha value is -3.28. The summed E-state index contributed by atoms with van der Waals surface area (Å²) < 4.78 is 9.91. The number of nitrogen functional groups attached to an aromatic ring is 1. The number of rotatable bonds is 7. The highest BCUT2D eigenvalue weighted by molar-refractivity contribution is 5.93. The number of ether oxygens (including phenoxy) is 2. The molecular weight excluding hydrogens is 344 g/mol. The molecule has 0 atom stereocenters. The van der Waals surface area contributed by atoms with Gasteiger partial charge in [-0.3, -0.25) is 0 Å². The molecule has 0 bridgehead atoms. The van der Waals surface area contributed by atoms with Crippen LogP contribution in [0.1, 0.15) is 33.5 Å². The van der Waals surface area contributed by atoms with Crippen molar-refractivity contribution in [3.63, 3.8) is 0 Å². The molecule has 2 aromatic carbocycles. The summed E-state index contributed by atoms with van der Waals surface area (Å²) in [5.41, 5.74) is 9.35. The summed E-state index contributed by atoms with van der Waals surface area (Å²) in [4.78, 5) is 23.4. The lowest BCUT2D eigenvalue weighted by molar-refractivity contribution is 0.0600. The molecule has 0 aliphatic heterocycles. The van der Waals surface area contributed by atoms with Crippen LogP contribution in [0.15, 0.2) is 48.5 Å². The van der Waals surface area contributed by atoms with Crippen molar-refractivity contribution in [3.05, 3.63) is 70.8 Å². The molecule has 2 aromatic rings. The van der Waals surface area contributed by atoms with E-state index in [2.05, 4.69) is 5.32 Å². The van der Waals surface area contributed by atoms with Crippen LogP contribution in [0.3, 0.4) is 0 Å². The van der Waals surface area contributed by atoms with Gasteiger partial charge in [0, 0.05) is 12.2 Å². The number of hydrogen-bond donors (Lipinski definition) is 2. The number of carbonyl (C=O) groups excluding carboxylic acids is 2. The van der Waals surface area contributed by atoms with Gasteiger partial charge in [-0.15, -0.1) is 0 Å². The van der Waals surface area contributed by atoms with E-state index in [0.29, 0.717) is 29.8 Å². The second-order valence-corrected chi connectivity index (χ2v) is 5.95. The van der Waals surface area contributed by atoms with Gasteiger partial charge in [0.1, 0.15) is 6.61 Å². The Morgan fingerprint density at radius 2 is 1.93 bits per heavy atom. The van der Waals surface area contributed by atoms with Crippen LogP contribution in [0.4, 0.5) is 10.5 Å². The first-order valence-electron chi connectivity index (χ1n) is 8.60. The predicted molar refractivity (Wildman–Crippen MR) is 105 cm³/mol. The second kappa shape index (κ2) is 10.0. The highest BCUT2D eigenvalue weighted by Gasteiger charge is 2.12. The number of nitrogens with one attached hydrogen (secondary N) is 1. The number of methoxy groups -OCH3 is 1. The first kappa shape index (κ1) is 20.0. The minimum atomic E-state index is -0.459. The highest BCUT2D eigenvalue weighted by Crippen LogP contribution is 2.21. The maximum Gasteiger partial charge on any atom is 0.407 e. The second-order valence-electron chi connectivity index (χ2n) is 5.95. The minimum absolute atomic E-state index is 0.238. The standard InChI is InChI=1S/C21H24N2O4/c1-15-18(20(24)26-2)12-17(13-19(15)22)10-6-7-11-23-21(25)27-14-16-8-4-3-5-9-16/h3-6,8-10,12-13H,7,11,14,22H2,1-2H3,(H,23,25). The van der Waals surface area contributed by atoms with E-state index < -0.39 is 12.1 Å². The molecule has 142 valence electrons. The number of carbonyl (C=O) groups is 2. The number of nitrogens with two attached hydrogens (primary N) is 1. The number of anilines is 1. The van der Waals surface area contributed by atoms with Crippen LogP contribution in [-0.2, 0) is 16.1 Å². The largest absolute Gasteiger partial charge is 0.465 e. The Bertz CT molecular complexity index is 816. The zero-order chi connectivity index (χ0) is 19.6. The summed E-state index contributed by atoms with van der Waals surface area (Å²) in [5.74, 6) is -0.419. The van der Waals surface area contributed by atoms with Crippen molar-refractivity contribution < 1.29 is 19.1 Å². The molecule has 3 N–H and O–H groups in total. The Labute approximate surface area is 159 Å². The van der Waals surface area contributed by atoms with Gasteiger partial charge in [0.25, 0.3) is 0 Å². The Morgan fingerprint density at radius 3 is 2.63 bits per heavy atom. The van der Waals surface area contributed by atoms with Crippen LogP contribution in [0, 0.1) is 6.92 Å². The molecular formula is C21H24N2O4. The molecule has 0 fully saturated rings. The first-order valence-corrected chi connectivity index (χ1v) is 8.60. The normalized spacial score (nSPS) is 10.6. The molecule has 0 aromatic heterocycles. The van der Waals surface area contributed by atoms with Gasteiger partial charge in [0.2, 0.25) is 0 Å². The van der Waals surface area contributed by atoms with E-state index in [1.807, 2.05) is 42.5 Å². The molecule has 0 saturated heterocycles. The summed E-state index contributed by atoms with van der Waals surface area (Å²) in [6.07, 6.45) is 3.89. The summed E-state index contributed by atoms with van der Waals surface area (Å²) in [5, 5.41) is 2.69. The van der Waals surface area contributed by atoms with Gasteiger partial charge >= 0.3 is 12.1 Å².